The molecule has 0 radical (unpaired) electrons. The minimum atomic E-state index is 0.621. The average molecular weight is 223 g/mol. The molecule has 0 saturated carbocycles. The van der Waals surface area contributed by atoms with Crippen molar-refractivity contribution >= 4 is 23.3 Å². The second-order valence-electron chi connectivity index (χ2n) is 3.74. The minimum absolute atomic E-state index is 0.621. The Morgan fingerprint density at radius 1 is 1.53 bits per heavy atom. The topological polar surface area (TPSA) is 37.0 Å². The van der Waals surface area contributed by atoms with E-state index in [1.54, 1.807) is 0 Å². The van der Waals surface area contributed by atoms with Crippen LogP contribution in [0.3, 0.4) is 0 Å². The normalized spacial score (nSPS) is 21.0. The predicted octanol–water partition coefficient (Wildman–Crippen LogP) is 2.43. The molecule has 1 aliphatic heterocycles. The van der Waals surface area contributed by atoms with Crippen molar-refractivity contribution in [1.82, 2.24) is 4.98 Å². The fraction of sp³-hybridized carbons (Fsp3) is 0.545. The predicted molar refractivity (Wildman–Crippen MR) is 67.8 cm³/mol. The Hall–Kier alpha value is -0.900. The summed E-state index contributed by atoms with van der Waals surface area (Å²) in [5, 5.41) is 6.60. The molecule has 15 heavy (non-hydrogen) atoms. The molecule has 0 spiro atoms. The van der Waals surface area contributed by atoms with Crippen molar-refractivity contribution < 1.29 is 0 Å². The Bertz CT molecular complexity index is 310. The third kappa shape index (κ3) is 3.02. The summed E-state index contributed by atoms with van der Waals surface area (Å²) >= 11 is 2.04. The number of hydrogen-bond donors (Lipinski definition) is 2. The number of thioether (sulfide) groups is 1. The lowest BCUT2D eigenvalue weighted by Crippen LogP contribution is -2.25. The molecule has 1 aromatic heterocycles. The number of aromatic nitrogens is 1. The summed E-state index contributed by atoms with van der Waals surface area (Å²) in [5.74, 6) is 3.46. The highest BCUT2D eigenvalue weighted by Crippen LogP contribution is 2.21. The molecule has 1 atom stereocenters. The summed E-state index contributed by atoms with van der Waals surface area (Å²) in [6.07, 6.45) is 4.45. The summed E-state index contributed by atoms with van der Waals surface area (Å²) in [7, 11) is 1.89. The second-order valence-corrected chi connectivity index (χ2v) is 4.89. The van der Waals surface area contributed by atoms with Crippen LogP contribution in [0.25, 0.3) is 0 Å². The van der Waals surface area contributed by atoms with Gasteiger partial charge in [0.05, 0.1) is 0 Å². The maximum Gasteiger partial charge on any atom is 0.127 e. The van der Waals surface area contributed by atoms with Crippen molar-refractivity contribution in [2.75, 3.05) is 29.2 Å². The van der Waals surface area contributed by atoms with Crippen molar-refractivity contribution in [3.63, 3.8) is 0 Å². The highest BCUT2D eigenvalue weighted by Gasteiger charge is 2.13. The van der Waals surface area contributed by atoms with E-state index in [-0.39, 0.29) is 0 Å². The van der Waals surface area contributed by atoms with Crippen molar-refractivity contribution in [1.29, 1.82) is 0 Å². The fourth-order valence-electron chi connectivity index (χ4n) is 1.75. The lowest BCUT2D eigenvalue weighted by molar-refractivity contribution is 0.685. The molecule has 1 fully saturated rings. The highest BCUT2D eigenvalue weighted by atomic mass is 32.2. The Balaban J connectivity index is 1.96. The number of pyridine rings is 1. The zero-order valence-electron chi connectivity index (χ0n) is 8.99. The summed E-state index contributed by atoms with van der Waals surface area (Å²) in [6, 6.07) is 4.70. The van der Waals surface area contributed by atoms with E-state index in [2.05, 4.69) is 21.7 Å². The van der Waals surface area contributed by atoms with Gasteiger partial charge in [-0.15, -0.1) is 0 Å². The van der Waals surface area contributed by atoms with E-state index in [0.717, 1.165) is 5.82 Å². The average Bonchev–Trinajstić information content (AvgIpc) is 2.31. The summed E-state index contributed by atoms with van der Waals surface area (Å²) in [5.41, 5.74) is 1.17. The molecule has 4 heteroatoms. The van der Waals surface area contributed by atoms with Crippen LogP contribution in [0, 0.1) is 0 Å². The van der Waals surface area contributed by atoms with Crippen LogP contribution in [0.5, 0.6) is 0 Å². The van der Waals surface area contributed by atoms with Gasteiger partial charge in [-0.3, -0.25) is 0 Å². The molecule has 0 amide bonds. The van der Waals surface area contributed by atoms with E-state index >= 15 is 0 Å². The smallest absolute Gasteiger partial charge is 0.127 e. The first-order valence-corrected chi connectivity index (χ1v) is 6.52. The highest BCUT2D eigenvalue weighted by molar-refractivity contribution is 7.99. The SMILES string of the molecule is CNc1cc(NC2CCCSC2)ccn1. The number of hydrogen-bond acceptors (Lipinski definition) is 4. The molecule has 1 aliphatic rings. The van der Waals surface area contributed by atoms with E-state index in [4.69, 9.17) is 0 Å². The van der Waals surface area contributed by atoms with Crippen LogP contribution in [-0.4, -0.2) is 29.6 Å². The van der Waals surface area contributed by atoms with Gasteiger partial charge in [0.2, 0.25) is 0 Å². The van der Waals surface area contributed by atoms with Gasteiger partial charge in [0.1, 0.15) is 5.82 Å². The van der Waals surface area contributed by atoms with Gasteiger partial charge in [-0.25, -0.2) is 4.98 Å². The van der Waals surface area contributed by atoms with Gasteiger partial charge in [0, 0.05) is 36.8 Å². The van der Waals surface area contributed by atoms with Crippen molar-refractivity contribution in [2.45, 2.75) is 18.9 Å². The molecule has 1 aromatic rings. The van der Waals surface area contributed by atoms with Crippen LogP contribution in [0.15, 0.2) is 18.3 Å². The molecule has 1 unspecified atom stereocenters. The van der Waals surface area contributed by atoms with Crippen LogP contribution in [-0.2, 0) is 0 Å². The Morgan fingerprint density at radius 2 is 2.47 bits per heavy atom. The first kappa shape index (κ1) is 10.6. The maximum atomic E-state index is 4.19. The second kappa shape index (κ2) is 5.26. The summed E-state index contributed by atoms with van der Waals surface area (Å²) in [4.78, 5) is 4.19. The molecule has 0 aromatic carbocycles. The van der Waals surface area contributed by atoms with Crippen molar-refractivity contribution in [2.24, 2.45) is 0 Å². The van der Waals surface area contributed by atoms with Gasteiger partial charge in [-0.1, -0.05) is 0 Å². The van der Waals surface area contributed by atoms with E-state index in [0.29, 0.717) is 6.04 Å². The fourth-order valence-corrected chi connectivity index (χ4v) is 2.82. The maximum absolute atomic E-state index is 4.19. The van der Waals surface area contributed by atoms with E-state index < -0.39 is 0 Å². The molecule has 3 nitrogen and oxygen atoms in total. The lowest BCUT2D eigenvalue weighted by atomic mass is 10.2. The zero-order valence-corrected chi connectivity index (χ0v) is 9.81. The standard InChI is InChI=1S/C11H17N3S/c1-12-11-7-9(4-5-13-11)14-10-3-2-6-15-8-10/h4-5,7,10H,2-3,6,8H2,1H3,(H2,12,13,14). The first-order chi connectivity index (χ1) is 7.38. The van der Waals surface area contributed by atoms with Crippen LogP contribution in [0.2, 0.25) is 0 Å². The lowest BCUT2D eigenvalue weighted by Gasteiger charge is -2.23. The molecule has 2 heterocycles. The number of rotatable bonds is 3. The van der Waals surface area contributed by atoms with Gasteiger partial charge in [-0.05, 0) is 24.7 Å². The van der Waals surface area contributed by atoms with Crippen molar-refractivity contribution in [3.8, 4) is 0 Å². The molecule has 82 valence electrons. The van der Waals surface area contributed by atoms with Crippen molar-refractivity contribution in [3.05, 3.63) is 18.3 Å². The monoisotopic (exact) mass is 223 g/mol. The van der Waals surface area contributed by atoms with Crippen LogP contribution in [0.4, 0.5) is 11.5 Å². The van der Waals surface area contributed by atoms with Gasteiger partial charge in [0.15, 0.2) is 0 Å². The zero-order chi connectivity index (χ0) is 10.5. The van der Waals surface area contributed by atoms with Gasteiger partial charge >= 0.3 is 0 Å². The molecule has 2 rings (SSSR count). The van der Waals surface area contributed by atoms with E-state index in [1.807, 2.05) is 31.1 Å². The molecular formula is C11H17N3S. The third-order valence-electron chi connectivity index (χ3n) is 2.55. The van der Waals surface area contributed by atoms with Crippen LogP contribution < -0.4 is 10.6 Å². The molecule has 1 saturated heterocycles. The summed E-state index contributed by atoms with van der Waals surface area (Å²) < 4.78 is 0. The minimum Gasteiger partial charge on any atom is -0.381 e. The molecular weight excluding hydrogens is 206 g/mol. The van der Waals surface area contributed by atoms with Crippen LogP contribution in [0.1, 0.15) is 12.8 Å². The Labute approximate surface area is 95.1 Å². The quantitative estimate of drug-likeness (QED) is 0.825. The Kier molecular flexibility index (Phi) is 3.72. The first-order valence-electron chi connectivity index (χ1n) is 5.36. The molecule has 2 N–H and O–H groups in total. The van der Waals surface area contributed by atoms with E-state index in [1.165, 1.54) is 30.0 Å². The third-order valence-corrected chi connectivity index (χ3v) is 3.76. The van der Waals surface area contributed by atoms with Gasteiger partial charge < -0.3 is 10.6 Å². The van der Waals surface area contributed by atoms with E-state index in [9.17, 15) is 0 Å². The largest absolute Gasteiger partial charge is 0.381 e. The molecule has 0 aliphatic carbocycles. The number of anilines is 2. The van der Waals surface area contributed by atoms with Gasteiger partial charge in [-0.2, -0.15) is 11.8 Å². The summed E-state index contributed by atoms with van der Waals surface area (Å²) in [6.45, 7) is 0. The van der Waals surface area contributed by atoms with Gasteiger partial charge in [0.25, 0.3) is 0 Å². The Morgan fingerprint density at radius 3 is 3.20 bits per heavy atom. The van der Waals surface area contributed by atoms with Crippen LogP contribution >= 0.6 is 11.8 Å². The number of nitrogens with zero attached hydrogens (tertiary/aromatic N) is 1. The number of nitrogens with one attached hydrogen (secondary N) is 2. The molecule has 0 bridgehead atoms.